The fourth-order valence-corrected chi connectivity index (χ4v) is 13.0. The Morgan fingerprint density at radius 3 is 0.765 bits per heavy atom. The van der Waals surface area contributed by atoms with Gasteiger partial charge in [-0.15, -0.1) is 0 Å². The summed E-state index contributed by atoms with van der Waals surface area (Å²) < 4.78 is 50.9. The van der Waals surface area contributed by atoms with Crippen LogP contribution in [0.3, 0.4) is 0 Å². The van der Waals surface area contributed by atoms with Crippen LogP contribution in [0.15, 0.2) is 224 Å². The number of hydrogen-bond acceptors (Lipinski definition) is 8. The predicted octanol–water partition coefficient (Wildman–Crippen LogP) is 14.5. The van der Waals surface area contributed by atoms with E-state index in [1.165, 1.54) is 15.9 Å². The monoisotopic (exact) mass is 1090 g/mol. The number of benzene rings is 10. The van der Waals surface area contributed by atoms with Crippen LogP contribution in [0, 0.1) is 0 Å². The lowest BCUT2D eigenvalue weighted by atomic mass is 9.91. The van der Waals surface area contributed by atoms with E-state index in [0.717, 1.165) is 113 Å². The molecular weight excluding hydrogens is 1020 g/mol. The molecule has 0 amide bonds. The van der Waals surface area contributed by atoms with E-state index < -0.39 is 7.92 Å². The average Bonchev–Trinajstić information content (AvgIpc) is 3.52. The molecule has 0 N–H and O–H groups in total. The average molecular weight is 1090 g/mol. The van der Waals surface area contributed by atoms with E-state index in [-0.39, 0.29) is 0 Å². The van der Waals surface area contributed by atoms with Gasteiger partial charge in [0.15, 0.2) is 0 Å². The molecule has 8 nitrogen and oxygen atoms in total. The quantitative estimate of drug-likeness (QED) is 0.0742. The Morgan fingerprint density at radius 2 is 0.506 bits per heavy atom. The molecule has 0 aromatic heterocycles. The lowest BCUT2D eigenvalue weighted by Crippen LogP contribution is -2.22. The molecule has 0 heterocycles. The highest BCUT2D eigenvalue weighted by Crippen LogP contribution is 2.42. The maximum atomic E-state index is 7.31. The summed E-state index contributed by atoms with van der Waals surface area (Å²) in [5.41, 5.74) is 12.5. The molecule has 0 saturated heterocycles. The maximum absolute atomic E-state index is 7.31. The van der Waals surface area contributed by atoms with E-state index in [2.05, 4.69) is 176 Å². The third kappa shape index (κ3) is 13.1. The molecule has 1 aliphatic carbocycles. The number of fused-ring (bicyclic) bond motifs is 8. The van der Waals surface area contributed by atoms with Crippen LogP contribution in [-0.4, -0.2) is 28.4 Å². The molecule has 10 aromatic carbocycles. The Bertz CT molecular complexity index is 3490. The normalized spacial score (nSPS) is 11.8. The smallest absolute Gasteiger partial charge is 0.126 e. The summed E-state index contributed by atoms with van der Waals surface area (Å²) in [6.45, 7) is 1.40. The minimum atomic E-state index is -1.04. The zero-order valence-corrected chi connectivity index (χ0v) is 47.1. The van der Waals surface area contributed by atoms with Gasteiger partial charge in [-0.2, -0.15) is 0 Å². The summed E-state index contributed by atoms with van der Waals surface area (Å²) in [5.74, 6) is 6.48. The van der Waals surface area contributed by atoms with Gasteiger partial charge < -0.3 is 37.9 Å². The van der Waals surface area contributed by atoms with Crippen LogP contribution in [-0.2, 0) is 52.1 Å². The van der Waals surface area contributed by atoms with Crippen molar-refractivity contribution < 1.29 is 37.9 Å². The third-order valence-corrected chi connectivity index (χ3v) is 17.1. The molecule has 0 atom stereocenters. The van der Waals surface area contributed by atoms with Crippen molar-refractivity contribution >= 4 is 23.8 Å². The van der Waals surface area contributed by atoms with Crippen molar-refractivity contribution in [2.24, 2.45) is 0 Å². The lowest BCUT2D eigenvalue weighted by molar-refractivity contribution is 0.293. The highest BCUT2D eigenvalue weighted by molar-refractivity contribution is 7.79. The lowest BCUT2D eigenvalue weighted by Gasteiger charge is -2.26. The molecule has 0 fully saturated rings. The molecule has 8 bridgehead atoms. The fraction of sp³-hybridized carbons (Fsp3) is 0.167. The first kappa shape index (κ1) is 54.0. The largest absolute Gasteiger partial charge is 0.497 e. The van der Waals surface area contributed by atoms with Gasteiger partial charge in [-0.3, -0.25) is 0 Å². The van der Waals surface area contributed by atoms with Crippen LogP contribution in [0.2, 0.25) is 0 Å². The van der Waals surface area contributed by atoms with Crippen molar-refractivity contribution in [1.29, 1.82) is 0 Å². The zero-order valence-electron chi connectivity index (χ0n) is 46.2. The first-order valence-electron chi connectivity index (χ1n) is 27.3. The molecule has 0 radical (unpaired) electrons. The van der Waals surface area contributed by atoms with Gasteiger partial charge in [0.2, 0.25) is 0 Å². The molecule has 0 spiro atoms. The minimum Gasteiger partial charge on any atom is -0.497 e. The number of methoxy groups -OCH3 is 4. The molecule has 0 aliphatic heterocycles. The van der Waals surface area contributed by atoms with Gasteiger partial charge in [0, 0.05) is 25.7 Å². The Morgan fingerprint density at radius 1 is 0.259 bits per heavy atom. The Kier molecular flexibility index (Phi) is 17.3. The standard InChI is InChI=1S/C72H65O8P/c1-73-62-32-24-50(25-33-62)46-77-69-54-14-11-15-55(69)41-57-17-13-19-59(71(57)79-48-52-28-36-64(75-3)37-29-52)43-61-45-68(81(66-20-7-5-8-21-66)67-22-9-6-10-23-67)44-60(72(61)80-49-53-30-38-65(76-4)39-31-53)42-58-18-12-16-56(40-54)70(58)78-47-51-26-34-63(74-2)35-27-51/h5-39,44-45H,40-43,46-49H2,1-4H3. The molecule has 0 saturated carbocycles. The number of ether oxygens (including phenoxy) is 8. The van der Waals surface area contributed by atoms with Crippen molar-refractivity contribution in [3.8, 4) is 46.0 Å². The number of para-hydroxylation sites is 3. The van der Waals surface area contributed by atoms with Crippen LogP contribution in [0.5, 0.6) is 46.0 Å². The highest BCUT2D eigenvalue weighted by Gasteiger charge is 2.26. The SMILES string of the molecule is COc1ccc(COc2c3cccc2Cc2cccc(c2OCc2ccc(OC)cc2)Cc2cc(P(c4ccccc4)c4ccccc4)cc(c2OCc2ccc(OC)cc2)Cc2cccc(c2OCc2ccc(OC)cc2)C3)cc1. The van der Waals surface area contributed by atoms with Gasteiger partial charge in [0.25, 0.3) is 0 Å². The fourth-order valence-electron chi connectivity index (χ4n) is 10.5. The second kappa shape index (κ2) is 25.9. The summed E-state index contributed by atoms with van der Waals surface area (Å²) in [4.78, 5) is 0. The van der Waals surface area contributed by atoms with Gasteiger partial charge in [0.1, 0.15) is 72.4 Å². The first-order valence-corrected chi connectivity index (χ1v) is 28.7. The van der Waals surface area contributed by atoms with E-state index in [1.807, 2.05) is 48.5 Å². The Hall–Kier alpha value is -8.97. The summed E-state index contributed by atoms with van der Waals surface area (Å²) in [5, 5.41) is 3.73. The van der Waals surface area contributed by atoms with E-state index in [9.17, 15) is 0 Å². The van der Waals surface area contributed by atoms with Gasteiger partial charge in [-0.05, 0) is 151 Å². The summed E-state index contributed by atoms with van der Waals surface area (Å²) in [6, 6.07) is 78.6. The second-order valence-corrected chi connectivity index (χ2v) is 22.3. The summed E-state index contributed by atoms with van der Waals surface area (Å²) >= 11 is 0. The van der Waals surface area contributed by atoms with Crippen LogP contribution in [0.25, 0.3) is 0 Å². The van der Waals surface area contributed by atoms with E-state index >= 15 is 0 Å². The first-order chi connectivity index (χ1) is 39.9. The van der Waals surface area contributed by atoms with Gasteiger partial charge in [0.05, 0.1) is 28.4 Å². The molecule has 81 heavy (non-hydrogen) atoms. The van der Waals surface area contributed by atoms with Crippen LogP contribution in [0.4, 0.5) is 0 Å². The van der Waals surface area contributed by atoms with Crippen molar-refractivity contribution in [1.82, 2.24) is 0 Å². The molecule has 1 aliphatic rings. The Labute approximate surface area is 477 Å². The number of hydrogen-bond donors (Lipinski definition) is 0. The van der Waals surface area contributed by atoms with Crippen LogP contribution in [0.1, 0.15) is 66.8 Å². The van der Waals surface area contributed by atoms with Crippen LogP contribution < -0.4 is 53.8 Å². The minimum absolute atomic E-state index is 0.338. The molecule has 0 unspecified atom stereocenters. The molecule has 11 rings (SSSR count). The van der Waals surface area contributed by atoms with Crippen molar-refractivity contribution in [3.05, 3.63) is 291 Å². The summed E-state index contributed by atoms with van der Waals surface area (Å²) in [6.07, 6.45) is 2.11. The maximum Gasteiger partial charge on any atom is 0.126 e. The molecule has 10 aromatic rings. The topological polar surface area (TPSA) is 73.8 Å². The van der Waals surface area contributed by atoms with E-state index in [1.54, 1.807) is 28.4 Å². The van der Waals surface area contributed by atoms with Crippen molar-refractivity contribution in [2.75, 3.05) is 28.4 Å². The zero-order chi connectivity index (χ0) is 55.3. The van der Waals surface area contributed by atoms with Gasteiger partial charge in [-0.25, -0.2) is 0 Å². The molecule has 9 heteroatoms. The molecule has 406 valence electrons. The van der Waals surface area contributed by atoms with E-state index in [4.69, 9.17) is 37.9 Å². The van der Waals surface area contributed by atoms with Crippen molar-refractivity contribution in [2.45, 2.75) is 52.1 Å². The molecular formula is C72H65O8P. The second-order valence-electron chi connectivity index (χ2n) is 20.1. The summed E-state index contributed by atoms with van der Waals surface area (Å²) in [7, 11) is 5.71. The van der Waals surface area contributed by atoms with E-state index in [0.29, 0.717) is 52.1 Å². The third-order valence-electron chi connectivity index (χ3n) is 14.7. The number of rotatable bonds is 19. The van der Waals surface area contributed by atoms with Crippen molar-refractivity contribution in [3.63, 3.8) is 0 Å². The van der Waals surface area contributed by atoms with Crippen LogP contribution >= 0.6 is 7.92 Å². The van der Waals surface area contributed by atoms with Gasteiger partial charge >= 0.3 is 0 Å². The Balaban J connectivity index is 1.13. The predicted molar refractivity (Wildman–Crippen MR) is 325 cm³/mol. The highest BCUT2D eigenvalue weighted by atomic mass is 31.1. The van der Waals surface area contributed by atoms with Gasteiger partial charge in [-0.1, -0.05) is 164 Å².